The molecule has 104 valence electrons. The maximum atomic E-state index is 8.68. The minimum atomic E-state index is 0.295. The van der Waals surface area contributed by atoms with Crippen LogP contribution >= 0.6 is 0 Å². The van der Waals surface area contributed by atoms with E-state index in [0.717, 1.165) is 17.7 Å². The molecule has 0 aromatic heterocycles. The molecule has 0 atom stereocenters. The van der Waals surface area contributed by atoms with Gasteiger partial charge in [-0.2, -0.15) is 5.26 Å². The molecule has 1 aromatic rings. The first-order valence-electron chi connectivity index (χ1n) is 6.22. The van der Waals surface area contributed by atoms with Gasteiger partial charge in [-0.25, -0.2) is 0 Å². The van der Waals surface area contributed by atoms with Crippen molar-refractivity contribution in [2.45, 2.75) is 12.8 Å². The van der Waals surface area contributed by atoms with Gasteiger partial charge in [-0.15, -0.1) is 0 Å². The van der Waals surface area contributed by atoms with E-state index in [-0.39, 0.29) is 0 Å². The minimum absolute atomic E-state index is 0.295. The van der Waals surface area contributed by atoms with Crippen molar-refractivity contribution in [3.63, 3.8) is 0 Å². The van der Waals surface area contributed by atoms with Gasteiger partial charge in [0.15, 0.2) is 0 Å². The third kappa shape index (κ3) is 6.09. The van der Waals surface area contributed by atoms with Gasteiger partial charge < -0.3 is 19.9 Å². The van der Waals surface area contributed by atoms with Gasteiger partial charge in [-0.3, -0.25) is 0 Å². The van der Waals surface area contributed by atoms with Gasteiger partial charge >= 0.3 is 0 Å². The lowest BCUT2D eigenvalue weighted by Gasteiger charge is -2.09. The fraction of sp³-hybridized carbons (Fsp3) is 0.500. The van der Waals surface area contributed by atoms with Gasteiger partial charge in [-0.05, 0) is 23.8 Å². The minimum Gasteiger partial charge on any atom is -0.493 e. The van der Waals surface area contributed by atoms with E-state index in [0.29, 0.717) is 38.5 Å². The van der Waals surface area contributed by atoms with Crippen LogP contribution in [0.5, 0.6) is 5.75 Å². The fourth-order valence-electron chi connectivity index (χ4n) is 1.51. The summed E-state index contributed by atoms with van der Waals surface area (Å²) in [7, 11) is 1.65. The number of anilines is 1. The summed E-state index contributed by atoms with van der Waals surface area (Å²) in [4.78, 5) is 0. The monoisotopic (exact) mass is 264 g/mol. The highest BCUT2D eigenvalue weighted by Gasteiger charge is 2.01. The van der Waals surface area contributed by atoms with Crippen LogP contribution in [0.3, 0.4) is 0 Å². The zero-order valence-corrected chi connectivity index (χ0v) is 11.2. The Morgan fingerprint density at radius 3 is 2.79 bits per heavy atom. The second-order valence-electron chi connectivity index (χ2n) is 4.00. The first-order chi connectivity index (χ1) is 9.27. The van der Waals surface area contributed by atoms with E-state index in [4.69, 9.17) is 25.2 Å². The number of hydrogen-bond acceptors (Lipinski definition) is 5. The Morgan fingerprint density at radius 1 is 1.21 bits per heavy atom. The number of nitrogens with zero attached hydrogens (tertiary/aromatic N) is 1. The largest absolute Gasteiger partial charge is 0.493 e. The molecule has 0 spiro atoms. The van der Waals surface area contributed by atoms with Crippen LogP contribution in [0, 0.1) is 11.3 Å². The summed E-state index contributed by atoms with van der Waals surface area (Å²) in [5.74, 6) is 0.733. The van der Waals surface area contributed by atoms with E-state index in [1.165, 1.54) is 0 Å². The topological polar surface area (TPSA) is 77.5 Å². The van der Waals surface area contributed by atoms with Crippen molar-refractivity contribution in [1.82, 2.24) is 0 Å². The summed E-state index contributed by atoms with van der Waals surface area (Å²) < 4.78 is 15.8. The predicted octanol–water partition coefficient (Wildman–Crippen LogP) is 1.77. The molecule has 0 saturated heterocycles. The van der Waals surface area contributed by atoms with Crippen molar-refractivity contribution < 1.29 is 14.2 Å². The van der Waals surface area contributed by atoms with Crippen molar-refractivity contribution in [1.29, 1.82) is 5.26 Å². The molecule has 0 radical (unpaired) electrons. The van der Waals surface area contributed by atoms with Gasteiger partial charge in [0.05, 0.1) is 32.3 Å². The first kappa shape index (κ1) is 15.3. The molecule has 0 unspecified atom stereocenters. The lowest BCUT2D eigenvalue weighted by atomic mass is 10.1. The summed E-state index contributed by atoms with van der Waals surface area (Å²) in [6.45, 7) is 2.42. The average Bonchev–Trinajstić information content (AvgIpc) is 2.41. The van der Waals surface area contributed by atoms with Gasteiger partial charge in [0, 0.05) is 25.8 Å². The number of hydrogen-bond donors (Lipinski definition) is 1. The van der Waals surface area contributed by atoms with E-state index >= 15 is 0 Å². The number of ether oxygens (including phenoxy) is 3. The molecule has 0 fully saturated rings. The van der Waals surface area contributed by atoms with Crippen LogP contribution in [0.25, 0.3) is 0 Å². The number of nitrogen functional groups attached to an aromatic ring is 1. The first-order valence-corrected chi connectivity index (χ1v) is 6.22. The Kier molecular flexibility index (Phi) is 7.40. The molecule has 0 saturated carbocycles. The van der Waals surface area contributed by atoms with E-state index in [9.17, 15) is 0 Å². The third-order valence-electron chi connectivity index (χ3n) is 2.52. The van der Waals surface area contributed by atoms with Crippen LogP contribution in [0.1, 0.15) is 12.0 Å². The summed E-state index contributed by atoms with van der Waals surface area (Å²) in [6, 6.07) is 7.46. The fourth-order valence-corrected chi connectivity index (χ4v) is 1.51. The Bertz CT molecular complexity index is 416. The number of nitriles is 1. The van der Waals surface area contributed by atoms with Crippen LogP contribution in [-0.2, 0) is 15.9 Å². The number of methoxy groups -OCH3 is 1. The highest BCUT2D eigenvalue weighted by Crippen LogP contribution is 2.20. The second kappa shape index (κ2) is 9.20. The summed E-state index contributed by atoms with van der Waals surface area (Å²) in [5, 5.41) is 8.68. The molecule has 1 aromatic carbocycles. The van der Waals surface area contributed by atoms with Crippen LogP contribution in [0.4, 0.5) is 5.69 Å². The number of nitrogens with two attached hydrogens (primary N) is 1. The Hall–Kier alpha value is -1.77. The van der Waals surface area contributed by atoms with Crippen LogP contribution in [0.2, 0.25) is 0 Å². The lowest BCUT2D eigenvalue weighted by molar-refractivity contribution is 0.0644. The molecule has 0 bridgehead atoms. The number of rotatable bonds is 9. The quantitative estimate of drug-likeness (QED) is 0.543. The molecule has 0 aliphatic carbocycles. The van der Waals surface area contributed by atoms with Crippen molar-refractivity contribution in [2.75, 3.05) is 39.3 Å². The average molecular weight is 264 g/mol. The Labute approximate surface area is 113 Å². The standard InChI is InChI=1S/C14H20N2O3/c1-17-9-10-18-7-2-8-19-13-3-4-14(16)12(11-13)5-6-15/h3-4,11H,2,5,7-10,16H2,1H3. The van der Waals surface area contributed by atoms with Crippen LogP contribution < -0.4 is 10.5 Å². The molecular formula is C14H20N2O3. The van der Waals surface area contributed by atoms with Gasteiger partial charge in [-0.1, -0.05) is 0 Å². The summed E-state index contributed by atoms with van der Waals surface area (Å²) >= 11 is 0. The predicted molar refractivity (Wildman–Crippen MR) is 73.0 cm³/mol. The molecule has 1 rings (SSSR count). The van der Waals surface area contributed by atoms with Crippen molar-refractivity contribution in [3.05, 3.63) is 23.8 Å². The van der Waals surface area contributed by atoms with E-state index < -0.39 is 0 Å². The SMILES string of the molecule is COCCOCCCOc1ccc(N)c(CC#N)c1. The molecule has 0 aliphatic rings. The highest BCUT2D eigenvalue weighted by molar-refractivity contribution is 5.51. The third-order valence-corrected chi connectivity index (χ3v) is 2.52. The van der Waals surface area contributed by atoms with Gasteiger partial charge in [0.1, 0.15) is 5.75 Å². The highest BCUT2D eigenvalue weighted by atomic mass is 16.5. The molecular weight excluding hydrogens is 244 g/mol. The molecule has 19 heavy (non-hydrogen) atoms. The van der Waals surface area contributed by atoms with E-state index in [1.807, 2.05) is 12.1 Å². The molecule has 0 heterocycles. The van der Waals surface area contributed by atoms with Crippen molar-refractivity contribution >= 4 is 5.69 Å². The van der Waals surface area contributed by atoms with E-state index in [1.54, 1.807) is 13.2 Å². The Morgan fingerprint density at radius 2 is 2.05 bits per heavy atom. The zero-order chi connectivity index (χ0) is 13.9. The molecule has 2 N–H and O–H groups in total. The molecule has 0 aliphatic heterocycles. The van der Waals surface area contributed by atoms with Crippen LogP contribution in [0.15, 0.2) is 18.2 Å². The normalized spacial score (nSPS) is 10.1. The Balaban J connectivity index is 2.26. The van der Waals surface area contributed by atoms with Crippen molar-refractivity contribution in [3.8, 4) is 11.8 Å². The molecule has 5 heteroatoms. The number of benzene rings is 1. The molecule has 5 nitrogen and oxygen atoms in total. The lowest BCUT2D eigenvalue weighted by Crippen LogP contribution is -2.07. The maximum absolute atomic E-state index is 8.68. The maximum Gasteiger partial charge on any atom is 0.119 e. The molecule has 0 amide bonds. The van der Waals surface area contributed by atoms with Gasteiger partial charge in [0.25, 0.3) is 0 Å². The summed E-state index contributed by atoms with van der Waals surface area (Å²) in [5.41, 5.74) is 7.18. The summed E-state index contributed by atoms with van der Waals surface area (Å²) in [6.07, 6.45) is 1.10. The van der Waals surface area contributed by atoms with E-state index in [2.05, 4.69) is 6.07 Å². The van der Waals surface area contributed by atoms with Crippen molar-refractivity contribution in [2.24, 2.45) is 0 Å². The second-order valence-corrected chi connectivity index (χ2v) is 4.00. The zero-order valence-electron chi connectivity index (χ0n) is 11.2. The van der Waals surface area contributed by atoms with Crippen LogP contribution in [-0.4, -0.2) is 33.5 Å². The smallest absolute Gasteiger partial charge is 0.119 e. The van der Waals surface area contributed by atoms with Gasteiger partial charge in [0.2, 0.25) is 0 Å².